The molecule has 27 heavy (non-hydrogen) atoms. The minimum absolute atomic E-state index is 0.0511. The standard InChI is InChI=1S/C20H22O7/c21-11-16-17(23)18(24)19(25)20(27-16)26-15-9-13(8-14(22)10-15)7-6-12-4-2-1-3-5-12/h1-10,16-25H,11H2/t16-,17-,18+,19-,20?/m1/s1. The van der Waals surface area contributed by atoms with Gasteiger partial charge in [0.1, 0.15) is 35.9 Å². The summed E-state index contributed by atoms with van der Waals surface area (Å²) in [6, 6.07) is 14.1. The van der Waals surface area contributed by atoms with Crippen molar-refractivity contribution in [1.82, 2.24) is 0 Å². The maximum atomic E-state index is 10.1. The quantitative estimate of drug-likeness (QED) is 0.490. The number of rotatable bonds is 5. The first kappa shape index (κ1) is 19.3. The Hall–Kier alpha value is -2.42. The number of phenols is 1. The molecule has 0 spiro atoms. The van der Waals surface area contributed by atoms with Gasteiger partial charge in [-0.25, -0.2) is 0 Å². The average molecular weight is 374 g/mol. The zero-order valence-electron chi connectivity index (χ0n) is 14.4. The highest BCUT2D eigenvalue weighted by atomic mass is 16.7. The number of hydrogen-bond acceptors (Lipinski definition) is 7. The largest absolute Gasteiger partial charge is 0.508 e. The lowest BCUT2D eigenvalue weighted by molar-refractivity contribution is -0.277. The molecule has 7 nitrogen and oxygen atoms in total. The van der Waals surface area contributed by atoms with Crippen molar-refractivity contribution in [3.8, 4) is 11.5 Å². The Morgan fingerprint density at radius 2 is 1.59 bits per heavy atom. The zero-order valence-corrected chi connectivity index (χ0v) is 14.4. The van der Waals surface area contributed by atoms with Crippen LogP contribution in [0.1, 0.15) is 11.1 Å². The fourth-order valence-electron chi connectivity index (χ4n) is 2.83. The molecule has 3 rings (SSSR count). The number of aliphatic hydroxyl groups is 4. The minimum Gasteiger partial charge on any atom is -0.508 e. The molecule has 5 N–H and O–H groups in total. The van der Waals surface area contributed by atoms with Gasteiger partial charge in [0, 0.05) is 6.07 Å². The molecular weight excluding hydrogens is 352 g/mol. The van der Waals surface area contributed by atoms with Gasteiger partial charge in [-0.15, -0.1) is 0 Å². The van der Waals surface area contributed by atoms with Crippen molar-refractivity contribution < 1.29 is 35.0 Å². The molecule has 1 aliphatic rings. The average Bonchev–Trinajstić information content (AvgIpc) is 2.67. The lowest BCUT2D eigenvalue weighted by atomic mass is 9.99. The molecule has 0 aliphatic carbocycles. The van der Waals surface area contributed by atoms with Crippen LogP contribution in [0.4, 0.5) is 0 Å². The highest BCUT2D eigenvalue weighted by molar-refractivity contribution is 5.70. The van der Waals surface area contributed by atoms with Gasteiger partial charge in [-0.05, 0) is 23.3 Å². The van der Waals surface area contributed by atoms with Crippen molar-refractivity contribution in [2.75, 3.05) is 6.61 Å². The zero-order chi connectivity index (χ0) is 19.4. The van der Waals surface area contributed by atoms with Gasteiger partial charge in [0.05, 0.1) is 6.61 Å². The summed E-state index contributed by atoms with van der Waals surface area (Å²) in [4.78, 5) is 0. The first-order valence-electron chi connectivity index (χ1n) is 8.52. The Balaban J connectivity index is 1.77. The van der Waals surface area contributed by atoms with Crippen molar-refractivity contribution in [1.29, 1.82) is 0 Å². The van der Waals surface area contributed by atoms with E-state index < -0.39 is 37.3 Å². The Kier molecular flexibility index (Phi) is 6.10. The van der Waals surface area contributed by atoms with Crippen LogP contribution in [-0.4, -0.2) is 62.8 Å². The van der Waals surface area contributed by atoms with Gasteiger partial charge >= 0.3 is 0 Å². The molecular formula is C20H22O7. The Labute approximate surface area is 156 Å². The Morgan fingerprint density at radius 3 is 2.30 bits per heavy atom. The molecule has 2 aromatic rings. The SMILES string of the molecule is OC[C@H]1OC(Oc2cc(O)cc(C=Cc3ccccc3)c2)[C@H](O)[C@@H](O)[C@@H]1O. The summed E-state index contributed by atoms with van der Waals surface area (Å²) in [7, 11) is 0. The Morgan fingerprint density at radius 1 is 0.889 bits per heavy atom. The van der Waals surface area contributed by atoms with E-state index in [2.05, 4.69) is 0 Å². The third kappa shape index (κ3) is 4.65. The highest BCUT2D eigenvalue weighted by Gasteiger charge is 2.44. The van der Waals surface area contributed by atoms with Crippen molar-refractivity contribution >= 4 is 12.2 Å². The summed E-state index contributed by atoms with van der Waals surface area (Å²) < 4.78 is 10.9. The first-order valence-corrected chi connectivity index (χ1v) is 8.52. The second-order valence-electron chi connectivity index (χ2n) is 6.32. The maximum absolute atomic E-state index is 10.1. The Bertz CT molecular complexity index is 775. The molecule has 0 amide bonds. The molecule has 5 atom stereocenters. The molecule has 2 aromatic carbocycles. The van der Waals surface area contributed by atoms with E-state index in [1.807, 2.05) is 36.4 Å². The summed E-state index contributed by atoms with van der Waals surface area (Å²) in [6.07, 6.45) is -3.24. The van der Waals surface area contributed by atoms with Crippen molar-refractivity contribution in [2.45, 2.75) is 30.7 Å². The van der Waals surface area contributed by atoms with E-state index in [0.29, 0.717) is 5.56 Å². The normalized spacial score (nSPS) is 28.4. The van der Waals surface area contributed by atoms with Gasteiger partial charge in [-0.1, -0.05) is 42.5 Å². The van der Waals surface area contributed by atoms with E-state index in [-0.39, 0.29) is 11.5 Å². The summed E-state index contributed by atoms with van der Waals surface area (Å²) in [5, 5.41) is 48.9. The molecule has 1 heterocycles. The number of ether oxygens (including phenoxy) is 2. The molecule has 0 bridgehead atoms. The second-order valence-corrected chi connectivity index (χ2v) is 6.32. The van der Waals surface area contributed by atoms with Gasteiger partial charge in [-0.2, -0.15) is 0 Å². The number of aromatic hydroxyl groups is 1. The third-order valence-corrected chi connectivity index (χ3v) is 4.28. The van der Waals surface area contributed by atoms with Crippen LogP contribution >= 0.6 is 0 Å². The second kappa shape index (κ2) is 8.51. The van der Waals surface area contributed by atoms with Gasteiger partial charge in [0.25, 0.3) is 0 Å². The molecule has 1 aliphatic heterocycles. The van der Waals surface area contributed by atoms with Crippen LogP contribution < -0.4 is 4.74 Å². The molecule has 1 fully saturated rings. The maximum Gasteiger partial charge on any atom is 0.229 e. The molecule has 144 valence electrons. The number of aliphatic hydroxyl groups excluding tert-OH is 4. The predicted molar refractivity (Wildman–Crippen MR) is 97.9 cm³/mol. The monoisotopic (exact) mass is 374 g/mol. The summed E-state index contributed by atoms with van der Waals surface area (Å²) in [5.74, 6) is 0.150. The third-order valence-electron chi connectivity index (χ3n) is 4.28. The molecule has 0 radical (unpaired) electrons. The highest BCUT2D eigenvalue weighted by Crippen LogP contribution is 2.28. The van der Waals surface area contributed by atoms with Crippen LogP contribution in [0.15, 0.2) is 48.5 Å². The molecule has 0 saturated carbocycles. The first-order chi connectivity index (χ1) is 13.0. The minimum atomic E-state index is -1.53. The smallest absolute Gasteiger partial charge is 0.229 e. The predicted octanol–water partition coefficient (Wildman–Crippen LogP) is 0.741. The topological polar surface area (TPSA) is 120 Å². The number of benzene rings is 2. The van der Waals surface area contributed by atoms with E-state index in [9.17, 15) is 25.5 Å². The van der Waals surface area contributed by atoms with Crippen LogP contribution in [0.25, 0.3) is 12.2 Å². The summed E-state index contributed by atoms with van der Waals surface area (Å²) in [6.45, 7) is -0.546. The number of phenolic OH excluding ortho intramolecular Hbond substituents is 1. The van der Waals surface area contributed by atoms with Crippen LogP contribution in [0.5, 0.6) is 11.5 Å². The van der Waals surface area contributed by atoms with Crippen molar-refractivity contribution in [3.63, 3.8) is 0 Å². The van der Waals surface area contributed by atoms with Gasteiger partial charge < -0.3 is 35.0 Å². The molecule has 0 aromatic heterocycles. The van der Waals surface area contributed by atoms with E-state index in [4.69, 9.17) is 9.47 Å². The van der Waals surface area contributed by atoms with Crippen LogP contribution in [0.2, 0.25) is 0 Å². The van der Waals surface area contributed by atoms with Gasteiger partial charge in [0.2, 0.25) is 6.29 Å². The van der Waals surface area contributed by atoms with Gasteiger partial charge in [0.15, 0.2) is 0 Å². The lowest BCUT2D eigenvalue weighted by Gasteiger charge is -2.39. The van der Waals surface area contributed by atoms with E-state index in [1.165, 1.54) is 6.07 Å². The lowest BCUT2D eigenvalue weighted by Crippen LogP contribution is -2.60. The van der Waals surface area contributed by atoms with Crippen LogP contribution in [0, 0.1) is 0 Å². The van der Waals surface area contributed by atoms with Crippen molar-refractivity contribution in [3.05, 3.63) is 59.7 Å². The molecule has 7 heteroatoms. The van der Waals surface area contributed by atoms with E-state index in [1.54, 1.807) is 18.2 Å². The van der Waals surface area contributed by atoms with Crippen LogP contribution in [-0.2, 0) is 4.74 Å². The fourth-order valence-corrected chi connectivity index (χ4v) is 2.83. The molecule has 1 unspecified atom stereocenters. The summed E-state index contributed by atoms with van der Waals surface area (Å²) in [5.41, 5.74) is 1.63. The van der Waals surface area contributed by atoms with Crippen LogP contribution in [0.3, 0.4) is 0 Å². The van der Waals surface area contributed by atoms with E-state index in [0.717, 1.165) is 5.56 Å². The number of hydrogen-bond donors (Lipinski definition) is 5. The van der Waals surface area contributed by atoms with Gasteiger partial charge in [-0.3, -0.25) is 0 Å². The summed E-state index contributed by atoms with van der Waals surface area (Å²) >= 11 is 0. The molecule has 1 saturated heterocycles. The van der Waals surface area contributed by atoms with E-state index >= 15 is 0 Å². The van der Waals surface area contributed by atoms with Crippen molar-refractivity contribution in [2.24, 2.45) is 0 Å². The fraction of sp³-hybridized carbons (Fsp3) is 0.300.